The molecule has 2 atom stereocenters. The molecule has 0 aromatic heterocycles. The second-order valence-electron chi connectivity index (χ2n) is 4.35. The first kappa shape index (κ1) is 12.2. The van der Waals surface area contributed by atoms with E-state index in [-0.39, 0.29) is 5.91 Å². The first-order valence-corrected chi connectivity index (χ1v) is 5.41. The molecule has 0 unspecified atom stereocenters. The molecular weight excluding hydrogens is 262 g/mol. The molecule has 0 aliphatic heterocycles. The Morgan fingerprint density at radius 2 is 2.00 bits per heavy atom. The number of halogens is 1. The molecular formula is C10H14BrNO3. The maximum atomic E-state index is 11.6. The molecule has 1 aliphatic carbocycles. The van der Waals surface area contributed by atoms with Crippen molar-refractivity contribution in [1.82, 2.24) is 5.32 Å². The average Bonchev–Trinajstić information content (AvgIpc) is 2.65. The Morgan fingerprint density at radius 1 is 1.47 bits per heavy atom. The van der Waals surface area contributed by atoms with Gasteiger partial charge in [-0.3, -0.25) is 9.59 Å². The maximum Gasteiger partial charge on any atom is 0.307 e. The lowest BCUT2D eigenvalue weighted by Gasteiger charge is -2.04. The molecule has 1 rings (SSSR count). The molecule has 0 spiro atoms. The standard InChI is InChI=1S/C10H14BrNO3/c1-5(11)4-12-8(13)6-7(9(14)15)10(6,2)3/h6-7H,1,4H2,2-3H3,(H,12,13)(H,14,15)/t6-,7+/m1/s1. The van der Waals surface area contributed by atoms with Gasteiger partial charge in [0.2, 0.25) is 5.91 Å². The van der Waals surface area contributed by atoms with E-state index >= 15 is 0 Å². The lowest BCUT2D eigenvalue weighted by molar-refractivity contribution is -0.140. The fourth-order valence-electron chi connectivity index (χ4n) is 1.88. The van der Waals surface area contributed by atoms with Crippen LogP contribution in [0.15, 0.2) is 11.1 Å². The van der Waals surface area contributed by atoms with Crippen LogP contribution in [0.3, 0.4) is 0 Å². The number of rotatable bonds is 4. The second kappa shape index (κ2) is 3.96. The summed E-state index contributed by atoms with van der Waals surface area (Å²) in [5.74, 6) is -2.12. The third-order valence-corrected chi connectivity index (χ3v) is 3.11. The third-order valence-electron chi connectivity index (χ3n) is 2.83. The smallest absolute Gasteiger partial charge is 0.307 e. The fraction of sp³-hybridized carbons (Fsp3) is 0.600. The molecule has 0 radical (unpaired) electrons. The third kappa shape index (κ3) is 2.40. The minimum absolute atomic E-state index is 0.215. The number of nitrogens with one attached hydrogen (secondary N) is 1. The highest BCUT2D eigenvalue weighted by molar-refractivity contribution is 9.11. The van der Waals surface area contributed by atoms with E-state index in [4.69, 9.17) is 5.11 Å². The van der Waals surface area contributed by atoms with E-state index in [0.29, 0.717) is 11.0 Å². The summed E-state index contributed by atoms with van der Waals surface area (Å²) in [7, 11) is 0. The van der Waals surface area contributed by atoms with Crippen molar-refractivity contribution in [3.8, 4) is 0 Å². The zero-order chi connectivity index (χ0) is 11.8. The number of carbonyl (C=O) groups is 2. The second-order valence-corrected chi connectivity index (χ2v) is 5.47. The summed E-state index contributed by atoms with van der Waals surface area (Å²) in [6.07, 6.45) is 0. The fourth-order valence-corrected chi connectivity index (χ4v) is 2.02. The van der Waals surface area contributed by atoms with Crippen LogP contribution in [0.25, 0.3) is 0 Å². The number of aliphatic carboxylic acids is 1. The van der Waals surface area contributed by atoms with Crippen LogP contribution in [-0.2, 0) is 9.59 Å². The van der Waals surface area contributed by atoms with E-state index in [1.165, 1.54) is 0 Å². The van der Waals surface area contributed by atoms with Gasteiger partial charge in [0.15, 0.2) is 0 Å². The topological polar surface area (TPSA) is 66.4 Å². The van der Waals surface area contributed by atoms with Crippen molar-refractivity contribution in [2.75, 3.05) is 6.54 Å². The van der Waals surface area contributed by atoms with E-state index in [2.05, 4.69) is 27.8 Å². The summed E-state index contributed by atoms with van der Waals surface area (Å²) in [4.78, 5) is 22.4. The van der Waals surface area contributed by atoms with Crippen molar-refractivity contribution in [1.29, 1.82) is 0 Å². The molecule has 5 heteroatoms. The lowest BCUT2D eigenvalue weighted by atomic mass is 10.1. The zero-order valence-electron chi connectivity index (χ0n) is 8.71. The number of carboxylic acid groups (broad SMARTS) is 1. The Bertz CT molecular complexity index is 325. The highest BCUT2D eigenvalue weighted by Crippen LogP contribution is 2.58. The van der Waals surface area contributed by atoms with Crippen molar-refractivity contribution in [2.24, 2.45) is 17.3 Å². The van der Waals surface area contributed by atoms with Crippen molar-refractivity contribution >= 4 is 27.8 Å². The van der Waals surface area contributed by atoms with Gasteiger partial charge in [0.05, 0.1) is 11.8 Å². The summed E-state index contributed by atoms with van der Waals surface area (Å²) in [5, 5.41) is 11.5. The Balaban J connectivity index is 2.56. The molecule has 0 heterocycles. The molecule has 1 amide bonds. The molecule has 15 heavy (non-hydrogen) atoms. The van der Waals surface area contributed by atoms with Crippen LogP contribution in [0, 0.1) is 17.3 Å². The van der Waals surface area contributed by atoms with Crippen LogP contribution in [0.5, 0.6) is 0 Å². The molecule has 2 N–H and O–H groups in total. The quantitative estimate of drug-likeness (QED) is 0.815. The van der Waals surface area contributed by atoms with Crippen molar-refractivity contribution in [3.63, 3.8) is 0 Å². The average molecular weight is 276 g/mol. The van der Waals surface area contributed by atoms with Gasteiger partial charge in [-0.1, -0.05) is 36.4 Å². The van der Waals surface area contributed by atoms with Gasteiger partial charge < -0.3 is 10.4 Å². The lowest BCUT2D eigenvalue weighted by Crippen LogP contribution is -2.28. The van der Waals surface area contributed by atoms with E-state index in [1.807, 2.05) is 0 Å². The van der Waals surface area contributed by atoms with Gasteiger partial charge in [-0.2, -0.15) is 0 Å². The number of carbonyl (C=O) groups excluding carboxylic acids is 1. The monoisotopic (exact) mass is 275 g/mol. The van der Waals surface area contributed by atoms with Gasteiger partial charge in [-0.15, -0.1) is 0 Å². The minimum atomic E-state index is -0.905. The highest BCUT2D eigenvalue weighted by Gasteiger charge is 2.65. The molecule has 0 saturated heterocycles. The van der Waals surface area contributed by atoms with Crippen LogP contribution in [-0.4, -0.2) is 23.5 Å². The Labute approximate surface area is 96.9 Å². The molecule has 84 valence electrons. The van der Waals surface area contributed by atoms with E-state index < -0.39 is 23.2 Å². The predicted molar refractivity (Wildman–Crippen MR) is 59.5 cm³/mol. The van der Waals surface area contributed by atoms with Crippen LogP contribution >= 0.6 is 15.9 Å². The van der Waals surface area contributed by atoms with Gasteiger partial charge in [-0.05, 0) is 5.41 Å². The van der Waals surface area contributed by atoms with Crippen LogP contribution < -0.4 is 5.32 Å². The van der Waals surface area contributed by atoms with E-state index in [9.17, 15) is 9.59 Å². The van der Waals surface area contributed by atoms with Crippen LogP contribution in [0.4, 0.5) is 0 Å². The zero-order valence-corrected chi connectivity index (χ0v) is 10.3. The Hall–Kier alpha value is -0.840. The van der Waals surface area contributed by atoms with Gasteiger partial charge in [-0.25, -0.2) is 0 Å². The largest absolute Gasteiger partial charge is 0.481 e. The molecule has 0 aromatic carbocycles. The first-order chi connectivity index (χ1) is 6.78. The SMILES string of the molecule is C=C(Br)CNC(=O)[C@H]1[C@@H](C(=O)O)C1(C)C. The molecule has 0 aromatic rings. The molecule has 1 fully saturated rings. The molecule has 1 aliphatic rings. The Morgan fingerprint density at radius 3 is 2.33 bits per heavy atom. The van der Waals surface area contributed by atoms with Crippen LogP contribution in [0.2, 0.25) is 0 Å². The number of hydrogen-bond acceptors (Lipinski definition) is 2. The Kier molecular flexibility index (Phi) is 3.23. The summed E-state index contributed by atoms with van der Waals surface area (Å²) in [6.45, 7) is 7.50. The normalized spacial score (nSPS) is 26.9. The highest BCUT2D eigenvalue weighted by atomic mass is 79.9. The summed E-state index contributed by atoms with van der Waals surface area (Å²) >= 11 is 3.12. The van der Waals surface area contributed by atoms with Gasteiger partial charge in [0.25, 0.3) is 0 Å². The van der Waals surface area contributed by atoms with Crippen molar-refractivity contribution < 1.29 is 14.7 Å². The van der Waals surface area contributed by atoms with Gasteiger partial charge in [0.1, 0.15) is 0 Å². The number of carboxylic acids is 1. The number of hydrogen-bond donors (Lipinski definition) is 2. The van der Waals surface area contributed by atoms with Crippen molar-refractivity contribution in [2.45, 2.75) is 13.8 Å². The van der Waals surface area contributed by atoms with E-state index in [0.717, 1.165) is 0 Å². The van der Waals surface area contributed by atoms with E-state index in [1.54, 1.807) is 13.8 Å². The molecule has 4 nitrogen and oxygen atoms in total. The maximum absolute atomic E-state index is 11.6. The minimum Gasteiger partial charge on any atom is -0.481 e. The van der Waals surface area contributed by atoms with Crippen molar-refractivity contribution in [3.05, 3.63) is 11.1 Å². The van der Waals surface area contributed by atoms with Gasteiger partial charge >= 0.3 is 5.97 Å². The van der Waals surface area contributed by atoms with Gasteiger partial charge in [0, 0.05) is 11.0 Å². The summed E-state index contributed by atoms with van der Waals surface area (Å²) in [6, 6.07) is 0. The predicted octanol–water partition coefficient (Wildman–Crippen LogP) is 1.37. The molecule has 0 bridgehead atoms. The first-order valence-electron chi connectivity index (χ1n) is 4.62. The summed E-state index contributed by atoms with van der Waals surface area (Å²) in [5.41, 5.74) is -0.441. The molecule has 1 saturated carbocycles. The summed E-state index contributed by atoms with van der Waals surface area (Å²) < 4.78 is 0.668. The van der Waals surface area contributed by atoms with Crippen LogP contribution in [0.1, 0.15) is 13.8 Å². The number of amides is 1.